The molecular formula is C10H14O3. The van der Waals surface area contributed by atoms with Crippen molar-refractivity contribution in [3.8, 4) is 5.75 Å². The summed E-state index contributed by atoms with van der Waals surface area (Å²) in [6, 6.07) is 5.25. The zero-order valence-corrected chi connectivity index (χ0v) is 7.82. The van der Waals surface area contributed by atoms with Gasteiger partial charge in [0.1, 0.15) is 5.75 Å². The van der Waals surface area contributed by atoms with Crippen molar-refractivity contribution in [3.63, 3.8) is 0 Å². The molecule has 13 heavy (non-hydrogen) atoms. The van der Waals surface area contributed by atoms with Crippen LogP contribution in [0.2, 0.25) is 0 Å². The van der Waals surface area contributed by atoms with Gasteiger partial charge in [0.15, 0.2) is 0 Å². The molecule has 3 nitrogen and oxygen atoms in total. The van der Waals surface area contributed by atoms with Crippen LogP contribution in [0.15, 0.2) is 18.2 Å². The van der Waals surface area contributed by atoms with E-state index in [2.05, 4.69) is 0 Å². The molecule has 0 amide bonds. The molecule has 72 valence electrons. The van der Waals surface area contributed by atoms with Crippen LogP contribution in [0.3, 0.4) is 0 Å². The number of hydrogen-bond donors (Lipinski definition) is 2. The largest absolute Gasteiger partial charge is 0.496 e. The Balaban J connectivity index is 3.10. The Morgan fingerprint density at radius 2 is 2.15 bits per heavy atom. The predicted molar refractivity (Wildman–Crippen MR) is 49.6 cm³/mol. The summed E-state index contributed by atoms with van der Waals surface area (Å²) in [6.45, 7) is 1.64. The molecule has 3 heteroatoms. The number of ether oxygens (including phenoxy) is 1. The van der Waals surface area contributed by atoms with Gasteiger partial charge in [-0.1, -0.05) is 6.07 Å². The van der Waals surface area contributed by atoms with Crippen molar-refractivity contribution in [1.82, 2.24) is 0 Å². The number of aliphatic hydroxyl groups is 2. The summed E-state index contributed by atoms with van der Waals surface area (Å²) in [5.41, 5.74) is 1.48. The molecule has 0 radical (unpaired) electrons. The van der Waals surface area contributed by atoms with E-state index >= 15 is 0 Å². The standard InChI is InChI=1S/C10H14O3/c1-7(12)9-5-8(6-11)3-4-10(9)13-2/h3-5,7,11-12H,6H2,1-2H3. The molecule has 1 unspecified atom stereocenters. The van der Waals surface area contributed by atoms with Crippen molar-refractivity contribution < 1.29 is 14.9 Å². The van der Waals surface area contributed by atoms with Gasteiger partial charge in [-0.25, -0.2) is 0 Å². The lowest BCUT2D eigenvalue weighted by Crippen LogP contribution is -1.98. The normalized spacial score (nSPS) is 12.6. The van der Waals surface area contributed by atoms with Gasteiger partial charge >= 0.3 is 0 Å². The lowest BCUT2D eigenvalue weighted by molar-refractivity contribution is 0.193. The molecular weight excluding hydrogens is 168 g/mol. The van der Waals surface area contributed by atoms with E-state index in [1.54, 1.807) is 32.2 Å². The highest BCUT2D eigenvalue weighted by atomic mass is 16.5. The van der Waals surface area contributed by atoms with E-state index in [-0.39, 0.29) is 6.61 Å². The van der Waals surface area contributed by atoms with Crippen LogP contribution >= 0.6 is 0 Å². The molecule has 1 aromatic carbocycles. The molecule has 0 heterocycles. The van der Waals surface area contributed by atoms with Gasteiger partial charge in [0.2, 0.25) is 0 Å². The molecule has 0 spiro atoms. The van der Waals surface area contributed by atoms with Crippen LogP contribution in [0.4, 0.5) is 0 Å². The lowest BCUT2D eigenvalue weighted by Gasteiger charge is -2.11. The van der Waals surface area contributed by atoms with Crippen molar-refractivity contribution in [2.75, 3.05) is 7.11 Å². The molecule has 1 atom stereocenters. The fourth-order valence-corrected chi connectivity index (χ4v) is 1.21. The quantitative estimate of drug-likeness (QED) is 0.739. The molecule has 2 N–H and O–H groups in total. The maximum atomic E-state index is 9.39. The van der Waals surface area contributed by atoms with Crippen LogP contribution in [-0.2, 0) is 6.61 Å². The van der Waals surface area contributed by atoms with Crippen LogP contribution in [0.1, 0.15) is 24.2 Å². The highest BCUT2D eigenvalue weighted by Gasteiger charge is 2.08. The van der Waals surface area contributed by atoms with Crippen molar-refractivity contribution in [2.24, 2.45) is 0 Å². The Labute approximate surface area is 77.6 Å². The molecule has 0 bridgehead atoms. The third-order valence-electron chi connectivity index (χ3n) is 1.93. The van der Waals surface area contributed by atoms with Crippen molar-refractivity contribution in [2.45, 2.75) is 19.6 Å². The summed E-state index contributed by atoms with van der Waals surface area (Å²) in [5, 5.41) is 18.3. The van der Waals surface area contributed by atoms with Gasteiger partial charge in [-0.3, -0.25) is 0 Å². The van der Waals surface area contributed by atoms with Crippen LogP contribution in [0.25, 0.3) is 0 Å². The van der Waals surface area contributed by atoms with Gasteiger partial charge in [-0.2, -0.15) is 0 Å². The highest BCUT2D eigenvalue weighted by molar-refractivity contribution is 5.38. The first-order chi connectivity index (χ1) is 6.19. The Morgan fingerprint density at radius 3 is 2.62 bits per heavy atom. The average Bonchev–Trinajstić information content (AvgIpc) is 2.16. The molecule has 1 aromatic rings. The Morgan fingerprint density at radius 1 is 1.46 bits per heavy atom. The number of methoxy groups -OCH3 is 1. The molecule has 0 saturated carbocycles. The molecule has 1 rings (SSSR count). The second-order valence-electron chi connectivity index (χ2n) is 2.91. The van der Waals surface area contributed by atoms with E-state index in [1.807, 2.05) is 0 Å². The van der Waals surface area contributed by atoms with Gasteiger partial charge in [0, 0.05) is 5.56 Å². The average molecular weight is 182 g/mol. The van der Waals surface area contributed by atoms with E-state index in [0.29, 0.717) is 11.3 Å². The minimum atomic E-state index is -0.582. The van der Waals surface area contributed by atoms with Gasteiger partial charge in [-0.15, -0.1) is 0 Å². The van der Waals surface area contributed by atoms with E-state index in [1.165, 1.54) is 0 Å². The molecule has 0 saturated heterocycles. The van der Waals surface area contributed by atoms with Crippen LogP contribution in [0.5, 0.6) is 5.75 Å². The van der Waals surface area contributed by atoms with Crippen molar-refractivity contribution in [3.05, 3.63) is 29.3 Å². The maximum Gasteiger partial charge on any atom is 0.124 e. The second-order valence-corrected chi connectivity index (χ2v) is 2.91. The maximum absolute atomic E-state index is 9.39. The van der Waals surface area contributed by atoms with Gasteiger partial charge < -0.3 is 14.9 Å². The Kier molecular flexibility index (Phi) is 3.28. The molecule has 0 aliphatic carbocycles. The fourth-order valence-electron chi connectivity index (χ4n) is 1.21. The van der Waals surface area contributed by atoms with E-state index in [9.17, 15) is 5.11 Å². The number of hydrogen-bond acceptors (Lipinski definition) is 3. The third kappa shape index (κ3) is 2.20. The summed E-state index contributed by atoms with van der Waals surface area (Å²) in [4.78, 5) is 0. The third-order valence-corrected chi connectivity index (χ3v) is 1.93. The molecule has 0 fully saturated rings. The van der Waals surface area contributed by atoms with Gasteiger partial charge in [0.05, 0.1) is 19.8 Å². The second kappa shape index (κ2) is 4.25. The monoisotopic (exact) mass is 182 g/mol. The van der Waals surface area contributed by atoms with Crippen LogP contribution in [-0.4, -0.2) is 17.3 Å². The first-order valence-electron chi connectivity index (χ1n) is 4.14. The van der Waals surface area contributed by atoms with E-state index in [4.69, 9.17) is 9.84 Å². The predicted octanol–water partition coefficient (Wildman–Crippen LogP) is 1.24. The van der Waals surface area contributed by atoms with Gasteiger partial charge in [0.25, 0.3) is 0 Å². The van der Waals surface area contributed by atoms with E-state index < -0.39 is 6.10 Å². The Bertz CT molecular complexity index is 281. The van der Waals surface area contributed by atoms with Crippen LogP contribution in [0, 0.1) is 0 Å². The van der Waals surface area contributed by atoms with Crippen molar-refractivity contribution >= 4 is 0 Å². The minimum Gasteiger partial charge on any atom is -0.496 e. The summed E-state index contributed by atoms with van der Waals surface area (Å²) < 4.78 is 5.06. The first-order valence-corrected chi connectivity index (χ1v) is 4.14. The number of rotatable bonds is 3. The lowest BCUT2D eigenvalue weighted by atomic mass is 10.1. The van der Waals surface area contributed by atoms with Crippen LogP contribution < -0.4 is 4.74 Å². The zero-order valence-electron chi connectivity index (χ0n) is 7.82. The minimum absolute atomic E-state index is 0.0241. The smallest absolute Gasteiger partial charge is 0.124 e. The summed E-state index contributed by atoms with van der Waals surface area (Å²) in [7, 11) is 1.56. The zero-order chi connectivity index (χ0) is 9.84. The summed E-state index contributed by atoms with van der Waals surface area (Å²) >= 11 is 0. The molecule has 0 aliphatic rings. The summed E-state index contributed by atoms with van der Waals surface area (Å²) in [6.07, 6.45) is -0.582. The van der Waals surface area contributed by atoms with E-state index in [0.717, 1.165) is 5.56 Å². The molecule has 0 aliphatic heterocycles. The van der Waals surface area contributed by atoms with Gasteiger partial charge in [-0.05, 0) is 24.6 Å². The topological polar surface area (TPSA) is 49.7 Å². The number of aliphatic hydroxyl groups excluding tert-OH is 2. The Hall–Kier alpha value is -1.06. The summed E-state index contributed by atoms with van der Waals surface area (Å²) in [5.74, 6) is 0.646. The number of benzene rings is 1. The van der Waals surface area contributed by atoms with Crippen molar-refractivity contribution in [1.29, 1.82) is 0 Å². The SMILES string of the molecule is COc1ccc(CO)cc1C(C)O. The highest BCUT2D eigenvalue weighted by Crippen LogP contribution is 2.25. The first kappa shape index (κ1) is 10.0. The molecule has 0 aromatic heterocycles. The fraction of sp³-hybridized carbons (Fsp3) is 0.400.